The van der Waals surface area contributed by atoms with Crippen molar-refractivity contribution < 1.29 is 22.5 Å². The third-order valence-electron chi connectivity index (χ3n) is 8.36. The maximum absolute atomic E-state index is 13.7. The van der Waals surface area contributed by atoms with Crippen molar-refractivity contribution in [3.05, 3.63) is 63.2 Å². The van der Waals surface area contributed by atoms with Gasteiger partial charge in [-0.15, -0.1) is 11.3 Å². The number of thiazole rings is 1. The summed E-state index contributed by atoms with van der Waals surface area (Å²) in [6.45, 7) is 4.97. The van der Waals surface area contributed by atoms with Crippen LogP contribution in [0.15, 0.2) is 56.2 Å². The van der Waals surface area contributed by atoms with E-state index in [9.17, 15) is 13.2 Å². The molecule has 4 aromatic rings. The molecule has 1 amide bonds. The zero-order valence-corrected chi connectivity index (χ0v) is 27.7. The molecule has 0 spiro atoms. The Morgan fingerprint density at radius 3 is 2.67 bits per heavy atom. The summed E-state index contributed by atoms with van der Waals surface area (Å²) >= 11 is 7.68. The van der Waals surface area contributed by atoms with Gasteiger partial charge in [0.05, 0.1) is 29.9 Å². The molecule has 6 rings (SSSR count). The fourth-order valence-corrected chi connectivity index (χ4v) is 8.13. The van der Waals surface area contributed by atoms with Gasteiger partial charge in [-0.25, -0.2) is 8.42 Å². The number of hydrogen-bond acceptors (Lipinski definition) is 11. The Balaban J connectivity index is 1.17. The lowest BCUT2D eigenvalue weighted by Crippen LogP contribution is -2.56. The summed E-state index contributed by atoms with van der Waals surface area (Å²) in [7, 11) is 0.0862. The molecule has 2 fully saturated rings. The van der Waals surface area contributed by atoms with Gasteiger partial charge in [-0.3, -0.25) is 14.7 Å². The number of amides is 1. The summed E-state index contributed by atoms with van der Waals surface area (Å²) in [5.74, 6) is 0.465. The Morgan fingerprint density at radius 2 is 1.89 bits per heavy atom. The molecule has 12 nitrogen and oxygen atoms in total. The second kappa shape index (κ2) is 13.6. The Kier molecular flexibility index (Phi) is 9.57. The first-order valence-electron chi connectivity index (χ1n) is 14.9. The summed E-state index contributed by atoms with van der Waals surface area (Å²) in [4.78, 5) is 29.9. The van der Waals surface area contributed by atoms with Crippen LogP contribution in [0.1, 0.15) is 18.0 Å². The van der Waals surface area contributed by atoms with Crippen molar-refractivity contribution in [2.45, 2.75) is 30.3 Å². The minimum absolute atomic E-state index is 0.124. The number of halogens is 1. The molecule has 2 aromatic heterocycles. The predicted molar refractivity (Wildman–Crippen MR) is 172 cm³/mol. The zero-order chi connectivity index (χ0) is 31.6. The number of sulfone groups is 1. The third-order valence-corrected chi connectivity index (χ3v) is 11.4. The van der Waals surface area contributed by atoms with Gasteiger partial charge in [0, 0.05) is 82.3 Å². The molecule has 15 heteroatoms. The molecule has 0 radical (unpaired) electrons. The van der Waals surface area contributed by atoms with Crippen molar-refractivity contribution in [2.24, 2.45) is 12.0 Å². The van der Waals surface area contributed by atoms with E-state index < -0.39 is 9.84 Å². The van der Waals surface area contributed by atoms with Crippen LogP contribution < -0.4 is 9.70 Å². The number of carbonyl (C=O) groups excluding carboxylic acids is 1. The van der Waals surface area contributed by atoms with Crippen LogP contribution in [-0.4, -0.2) is 104 Å². The Hall–Kier alpha value is -3.30. The number of piperazine rings is 1. The maximum atomic E-state index is 13.7. The molecule has 2 aromatic carbocycles. The van der Waals surface area contributed by atoms with E-state index in [2.05, 4.69) is 30.0 Å². The molecular formula is C30H36ClN7O5S2. The summed E-state index contributed by atoms with van der Waals surface area (Å²) in [5, 5.41) is 8.50. The summed E-state index contributed by atoms with van der Waals surface area (Å²) in [5.41, 5.74) is 1.13. The molecule has 2 saturated heterocycles. The standard InChI is InChI=1S/C30H36ClN7O5S2/c1-32-30-35(2)25(20-44-30)19-36-8-9-38(24(18-36)17-27-33-29(34-43-27)37-10-12-42-13-11-37)28(39)7-14-45(40,41)26-6-4-21-15-23(31)5-3-22(21)16-26/h3-6,15-16,20,24H,7-14,17-19H2,1-2H3/b32-30-. The van der Waals surface area contributed by atoms with Gasteiger partial charge >= 0.3 is 0 Å². The number of ether oxygens (including phenoxy) is 1. The molecule has 0 aliphatic carbocycles. The minimum atomic E-state index is -3.70. The van der Waals surface area contributed by atoms with Crippen molar-refractivity contribution >= 4 is 55.4 Å². The van der Waals surface area contributed by atoms with Crippen LogP contribution in [-0.2, 0) is 39.4 Å². The largest absolute Gasteiger partial charge is 0.378 e. The number of anilines is 1. The second-order valence-corrected chi connectivity index (χ2v) is 14.7. The van der Waals surface area contributed by atoms with Gasteiger partial charge < -0.3 is 23.6 Å². The smallest absolute Gasteiger partial charge is 0.266 e. The third kappa shape index (κ3) is 7.25. The van der Waals surface area contributed by atoms with Gasteiger partial charge in [-0.1, -0.05) is 23.7 Å². The number of aromatic nitrogens is 3. The lowest BCUT2D eigenvalue weighted by atomic mass is 10.1. The van der Waals surface area contributed by atoms with E-state index in [-0.39, 0.29) is 29.0 Å². The van der Waals surface area contributed by atoms with Crippen LogP contribution in [0.3, 0.4) is 0 Å². The van der Waals surface area contributed by atoms with E-state index in [1.807, 2.05) is 11.9 Å². The second-order valence-electron chi connectivity index (χ2n) is 11.3. The Bertz CT molecular complexity index is 1850. The SMILES string of the molecule is C/N=c1\scc(CN2CCN(C(=O)CCS(=O)(=O)c3ccc4cc(Cl)ccc4c3)C(Cc3nc(N4CCOCC4)no3)C2)n1C. The number of carbonyl (C=O) groups is 1. The topological polar surface area (TPSA) is 126 Å². The van der Waals surface area contributed by atoms with Gasteiger partial charge in [-0.2, -0.15) is 4.98 Å². The van der Waals surface area contributed by atoms with Crippen LogP contribution in [0.25, 0.3) is 10.8 Å². The highest BCUT2D eigenvalue weighted by molar-refractivity contribution is 7.91. The van der Waals surface area contributed by atoms with Crippen LogP contribution >= 0.6 is 22.9 Å². The van der Waals surface area contributed by atoms with Crippen molar-refractivity contribution in [3.8, 4) is 0 Å². The molecule has 1 unspecified atom stereocenters. The maximum Gasteiger partial charge on any atom is 0.266 e. The average Bonchev–Trinajstić information content (AvgIpc) is 3.66. The fourth-order valence-electron chi connectivity index (χ4n) is 5.84. The lowest BCUT2D eigenvalue weighted by Gasteiger charge is -2.41. The highest BCUT2D eigenvalue weighted by Gasteiger charge is 2.33. The van der Waals surface area contributed by atoms with Crippen LogP contribution in [0, 0.1) is 0 Å². The zero-order valence-electron chi connectivity index (χ0n) is 25.3. The Labute approximate surface area is 270 Å². The van der Waals surface area contributed by atoms with Crippen molar-refractivity contribution in [3.63, 3.8) is 0 Å². The molecule has 0 saturated carbocycles. The first-order valence-corrected chi connectivity index (χ1v) is 17.8. The molecule has 2 aliphatic heterocycles. The Morgan fingerprint density at radius 1 is 1.11 bits per heavy atom. The fraction of sp³-hybridized carbons (Fsp3) is 0.467. The monoisotopic (exact) mass is 673 g/mol. The van der Waals surface area contributed by atoms with E-state index >= 15 is 0 Å². The highest BCUT2D eigenvalue weighted by atomic mass is 35.5. The average molecular weight is 674 g/mol. The molecule has 4 heterocycles. The number of morpholine rings is 1. The van der Waals surface area contributed by atoms with E-state index in [4.69, 9.17) is 20.9 Å². The number of fused-ring (bicyclic) bond motifs is 1. The lowest BCUT2D eigenvalue weighted by molar-refractivity contribution is -0.136. The van der Waals surface area contributed by atoms with Crippen LogP contribution in [0.5, 0.6) is 0 Å². The minimum Gasteiger partial charge on any atom is -0.378 e. The summed E-state index contributed by atoms with van der Waals surface area (Å²) < 4.78 is 39.8. The van der Waals surface area contributed by atoms with E-state index in [0.29, 0.717) is 75.8 Å². The van der Waals surface area contributed by atoms with E-state index in [1.165, 1.54) is 0 Å². The number of rotatable bonds is 9. The molecule has 45 heavy (non-hydrogen) atoms. The van der Waals surface area contributed by atoms with E-state index in [0.717, 1.165) is 21.3 Å². The van der Waals surface area contributed by atoms with Crippen molar-refractivity contribution in [1.82, 2.24) is 24.5 Å². The molecule has 0 bridgehead atoms. The predicted octanol–water partition coefficient (Wildman–Crippen LogP) is 2.76. The quantitative estimate of drug-likeness (QED) is 0.264. The number of nitrogens with zero attached hydrogens (tertiary/aromatic N) is 7. The van der Waals surface area contributed by atoms with Gasteiger partial charge in [0.15, 0.2) is 14.6 Å². The molecule has 1 atom stereocenters. The molecular weight excluding hydrogens is 638 g/mol. The van der Waals surface area contributed by atoms with E-state index in [1.54, 1.807) is 59.7 Å². The summed E-state index contributed by atoms with van der Waals surface area (Å²) in [6, 6.07) is 10.00. The van der Waals surface area contributed by atoms with Gasteiger partial charge in [-0.05, 0) is 40.2 Å². The van der Waals surface area contributed by atoms with Gasteiger partial charge in [0.2, 0.25) is 11.8 Å². The molecule has 0 N–H and O–H groups in total. The van der Waals surface area contributed by atoms with Crippen molar-refractivity contribution in [2.75, 3.05) is 63.6 Å². The van der Waals surface area contributed by atoms with Crippen LogP contribution in [0.2, 0.25) is 5.02 Å². The number of hydrogen-bond donors (Lipinski definition) is 0. The molecule has 240 valence electrons. The van der Waals surface area contributed by atoms with Gasteiger partial charge in [0.1, 0.15) is 0 Å². The van der Waals surface area contributed by atoms with Crippen LogP contribution in [0.4, 0.5) is 5.95 Å². The van der Waals surface area contributed by atoms with Crippen molar-refractivity contribution in [1.29, 1.82) is 0 Å². The highest BCUT2D eigenvalue weighted by Crippen LogP contribution is 2.25. The van der Waals surface area contributed by atoms with Gasteiger partial charge in [0.25, 0.3) is 5.95 Å². The first kappa shape index (κ1) is 31.7. The normalized spacial score (nSPS) is 18.6. The molecule has 2 aliphatic rings. The number of benzene rings is 2. The summed E-state index contributed by atoms with van der Waals surface area (Å²) in [6.07, 6.45) is 0.242. The first-order chi connectivity index (χ1) is 21.7.